The van der Waals surface area contributed by atoms with Crippen molar-refractivity contribution in [3.63, 3.8) is 0 Å². The monoisotopic (exact) mass is 382 g/mol. The number of rotatable bonds is 6. The molecule has 3 rings (SSSR count). The SMILES string of the molecule is Cc1cc(CN(C=O)C2C=C(c3ccc(F)c(C)c3)C=NC(N(C)C)=C2)no1. The lowest BCUT2D eigenvalue weighted by atomic mass is 10.0. The molecule has 2 aromatic rings. The third-order valence-electron chi connectivity index (χ3n) is 4.50. The number of carbonyl (C=O) groups excluding carboxylic acids is 1. The molecule has 2 heterocycles. The van der Waals surface area contributed by atoms with Gasteiger partial charge in [-0.3, -0.25) is 4.79 Å². The first-order valence-electron chi connectivity index (χ1n) is 8.92. The Hall–Kier alpha value is -3.22. The van der Waals surface area contributed by atoms with Crippen molar-refractivity contribution in [1.82, 2.24) is 15.0 Å². The zero-order valence-corrected chi connectivity index (χ0v) is 16.4. The summed E-state index contributed by atoms with van der Waals surface area (Å²) in [5, 5.41) is 3.97. The molecule has 0 fully saturated rings. The zero-order chi connectivity index (χ0) is 20.3. The van der Waals surface area contributed by atoms with Crippen LogP contribution in [0.3, 0.4) is 0 Å². The molecule has 0 radical (unpaired) electrons. The number of amides is 1. The molecule has 0 aliphatic carbocycles. The van der Waals surface area contributed by atoms with Crippen LogP contribution in [0.25, 0.3) is 5.57 Å². The third kappa shape index (κ3) is 4.36. The fourth-order valence-electron chi connectivity index (χ4n) is 2.95. The molecule has 0 N–H and O–H groups in total. The summed E-state index contributed by atoms with van der Waals surface area (Å²) >= 11 is 0. The summed E-state index contributed by atoms with van der Waals surface area (Å²) in [5.41, 5.74) is 2.87. The highest BCUT2D eigenvalue weighted by atomic mass is 19.1. The van der Waals surface area contributed by atoms with E-state index in [1.54, 1.807) is 43.2 Å². The van der Waals surface area contributed by atoms with E-state index in [4.69, 9.17) is 4.52 Å². The predicted octanol–water partition coefficient (Wildman–Crippen LogP) is 3.33. The van der Waals surface area contributed by atoms with Gasteiger partial charge in [0, 0.05) is 26.4 Å². The second kappa shape index (κ2) is 8.21. The molecular formula is C21H23FN4O2. The van der Waals surface area contributed by atoms with E-state index in [9.17, 15) is 9.18 Å². The molecule has 0 saturated heterocycles. The maximum absolute atomic E-state index is 13.7. The highest BCUT2D eigenvalue weighted by Gasteiger charge is 2.19. The molecule has 6 nitrogen and oxygen atoms in total. The van der Waals surface area contributed by atoms with Crippen molar-refractivity contribution in [3.05, 3.63) is 70.6 Å². The van der Waals surface area contributed by atoms with E-state index in [2.05, 4.69) is 10.1 Å². The molecule has 0 spiro atoms. The Morgan fingerprint density at radius 3 is 2.61 bits per heavy atom. The van der Waals surface area contributed by atoms with Gasteiger partial charge in [0.05, 0.1) is 12.6 Å². The quantitative estimate of drug-likeness (QED) is 0.719. The Morgan fingerprint density at radius 2 is 2.00 bits per heavy atom. The lowest BCUT2D eigenvalue weighted by Gasteiger charge is -2.24. The van der Waals surface area contributed by atoms with Crippen molar-refractivity contribution >= 4 is 18.2 Å². The van der Waals surface area contributed by atoms with E-state index >= 15 is 0 Å². The molecular weight excluding hydrogens is 359 g/mol. The lowest BCUT2D eigenvalue weighted by molar-refractivity contribution is -0.119. The minimum atomic E-state index is -0.352. The van der Waals surface area contributed by atoms with Gasteiger partial charge in [0.15, 0.2) is 0 Å². The molecule has 146 valence electrons. The zero-order valence-electron chi connectivity index (χ0n) is 16.4. The van der Waals surface area contributed by atoms with E-state index in [1.165, 1.54) is 6.07 Å². The fraction of sp³-hybridized carbons (Fsp3) is 0.286. The topological polar surface area (TPSA) is 61.9 Å². The first-order chi connectivity index (χ1) is 13.4. The number of hydrogen-bond donors (Lipinski definition) is 0. The van der Waals surface area contributed by atoms with Crippen molar-refractivity contribution < 1.29 is 13.7 Å². The molecule has 0 bridgehead atoms. The molecule has 1 aliphatic heterocycles. The molecule has 28 heavy (non-hydrogen) atoms. The minimum Gasteiger partial charge on any atom is -0.363 e. The van der Waals surface area contributed by atoms with Crippen molar-refractivity contribution in [2.24, 2.45) is 4.99 Å². The molecule has 1 unspecified atom stereocenters. The van der Waals surface area contributed by atoms with Gasteiger partial charge in [0.2, 0.25) is 6.41 Å². The van der Waals surface area contributed by atoms with Crippen molar-refractivity contribution in [1.29, 1.82) is 0 Å². The summed E-state index contributed by atoms with van der Waals surface area (Å²) in [6.07, 6.45) is 6.37. The van der Waals surface area contributed by atoms with Crippen LogP contribution >= 0.6 is 0 Å². The number of aromatic nitrogens is 1. The third-order valence-corrected chi connectivity index (χ3v) is 4.50. The van der Waals surface area contributed by atoms with E-state index in [0.29, 0.717) is 23.6 Å². The van der Waals surface area contributed by atoms with Crippen molar-refractivity contribution in [3.8, 4) is 0 Å². The summed E-state index contributed by atoms with van der Waals surface area (Å²) in [7, 11) is 3.78. The number of aliphatic imine (C=N–C) groups is 1. The van der Waals surface area contributed by atoms with E-state index in [-0.39, 0.29) is 11.9 Å². The number of aryl methyl sites for hydroxylation is 2. The highest BCUT2D eigenvalue weighted by Crippen LogP contribution is 2.23. The van der Waals surface area contributed by atoms with E-state index < -0.39 is 0 Å². The number of halogens is 1. The Balaban J connectivity index is 1.99. The summed E-state index contributed by atoms with van der Waals surface area (Å²) < 4.78 is 18.8. The Labute approximate surface area is 163 Å². The van der Waals surface area contributed by atoms with Crippen LogP contribution in [0.2, 0.25) is 0 Å². The van der Waals surface area contributed by atoms with Crippen LogP contribution < -0.4 is 0 Å². The van der Waals surface area contributed by atoms with Crippen molar-refractivity contribution in [2.75, 3.05) is 14.1 Å². The molecule has 0 saturated carbocycles. The van der Waals surface area contributed by atoms with E-state index in [1.807, 2.05) is 31.1 Å². The van der Waals surface area contributed by atoms with Gasteiger partial charge in [0.25, 0.3) is 0 Å². The fourth-order valence-corrected chi connectivity index (χ4v) is 2.95. The van der Waals surface area contributed by atoms with Gasteiger partial charge >= 0.3 is 0 Å². The lowest BCUT2D eigenvalue weighted by Crippen LogP contribution is -2.32. The summed E-state index contributed by atoms with van der Waals surface area (Å²) in [6.45, 7) is 3.83. The molecule has 1 aromatic carbocycles. The molecule has 1 amide bonds. The largest absolute Gasteiger partial charge is 0.363 e. The molecule has 1 atom stereocenters. The average Bonchev–Trinajstić information content (AvgIpc) is 2.94. The number of benzene rings is 1. The van der Waals surface area contributed by atoms with Gasteiger partial charge < -0.3 is 14.3 Å². The summed E-state index contributed by atoms with van der Waals surface area (Å²) in [6, 6.07) is 6.37. The van der Waals surface area contributed by atoms with Crippen molar-refractivity contribution in [2.45, 2.75) is 26.4 Å². The molecule has 1 aromatic heterocycles. The summed E-state index contributed by atoms with van der Waals surface area (Å²) in [5.74, 6) is 1.15. The van der Waals surface area contributed by atoms with Crippen LogP contribution in [-0.2, 0) is 11.3 Å². The molecule has 7 heteroatoms. The van der Waals surface area contributed by atoms with Crippen LogP contribution in [-0.4, -0.2) is 47.7 Å². The first-order valence-corrected chi connectivity index (χ1v) is 8.92. The van der Waals surface area contributed by atoms with Gasteiger partial charge in [-0.05, 0) is 54.8 Å². The Kier molecular flexibility index (Phi) is 5.73. The van der Waals surface area contributed by atoms with E-state index in [0.717, 1.165) is 23.4 Å². The molecule has 1 aliphatic rings. The summed E-state index contributed by atoms with van der Waals surface area (Å²) in [4.78, 5) is 19.9. The average molecular weight is 382 g/mol. The van der Waals surface area contributed by atoms with Crippen LogP contribution in [0.4, 0.5) is 4.39 Å². The number of nitrogens with zero attached hydrogens (tertiary/aromatic N) is 4. The Bertz CT molecular complexity index is 959. The normalized spacial score (nSPS) is 16.2. The van der Waals surface area contributed by atoms with Gasteiger partial charge in [-0.2, -0.15) is 0 Å². The first kappa shape index (κ1) is 19.5. The standard InChI is InChI=1S/C21H23FN4O2/c1-14-7-16(5-6-20(14)22)17-9-19(10-21(23-11-17)25(3)4)26(13-27)12-18-8-15(2)28-24-18/h5-11,13,19H,12H2,1-4H3. The number of carbonyl (C=O) groups is 1. The maximum Gasteiger partial charge on any atom is 0.210 e. The minimum absolute atomic E-state index is 0.255. The predicted molar refractivity (Wildman–Crippen MR) is 106 cm³/mol. The number of hydrogen-bond acceptors (Lipinski definition) is 5. The number of allylic oxidation sites excluding steroid dienone is 1. The van der Waals surface area contributed by atoms with Gasteiger partial charge in [-0.15, -0.1) is 0 Å². The highest BCUT2D eigenvalue weighted by molar-refractivity contribution is 6.10. The van der Waals surface area contributed by atoms with Gasteiger partial charge in [-0.1, -0.05) is 11.2 Å². The smallest absolute Gasteiger partial charge is 0.210 e. The second-order valence-electron chi connectivity index (χ2n) is 6.96. The van der Waals surface area contributed by atoms with Crippen LogP contribution in [0.1, 0.15) is 22.6 Å². The van der Waals surface area contributed by atoms with Crippen LogP contribution in [0.15, 0.2) is 51.8 Å². The van der Waals surface area contributed by atoms with Crippen LogP contribution in [0.5, 0.6) is 0 Å². The Morgan fingerprint density at radius 1 is 1.21 bits per heavy atom. The maximum atomic E-state index is 13.7. The second-order valence-corrected chi connectivity index (χ2v) is 6.96. The van der Waals surface area contributed by atoms with Gasteiger partial charge in [-0.25, -0.2) is 9.38 Å². The van der Waals surface area contributed by atoms with Crippen LogP contribution in [0, 0.1) is 19.7 Å². The van der Waals surface area contributed by atoms with Gasteiger partial charge in [0.1, 0.15) is 23.1 Å².